The minimum atomic E-state index is -0.852. The molecule has 0 spiro atoms. The molecule has 1 amide bonds. The molecule has 2 aromatic heterocycles. The number of ether oxygens (including phenoxy) is 1. The van der Waals surface area contributed by atoms with Crippen LogP contribution < -0.4 is 15.8 Å². The Morgan fingerprint density at radius 2 is 2.03 bits per heavy atom. The van der Waals surface area contributed by atoms with Gasteiger partial charge < -0.3 is 20.9 Å². The van der Waals surface area contributed by atoms with Crippen LogP contribution in [0.3, 0.4) is 0 Å². The zero-order valence-corrected chi connectivity index (χ0v) is 17.6. The number of aromatic nitrogens is 3. The molecule has 0 fully saturated rings. The number of rotatable bonds is 5. The smallest absolute Gasteiger partial charge is 0.409 e. The van der Waals surface area contributed by atoms with E-state index in [-0.39, 0.29) is 5.75 Å². The van der Waals surface area contributed by atoms with Gasteiger partial charge in [-0.3, -0.25) is 4.57 Å². The molecule has 0 aliphatic heterocycles. The third-order valence-electron chi connectivity index (χ3n) is 5.69. The van der Waals surface area contributed by atoms with Crippen LogP contribution in [-0.2, 0) is 19.4 Å². The summed E-state index contributed by atoms with van der Waals surface area (Å²) in [5.74, 6) is 2.01. The number of fused-ring (bicyclic) bond motifs is 2. The first-order valence-corrected chi connectivity index (χ1v) is 10.5. The summed E-state index contributed by atoms with van der Waals surface area (Å²) in [5.41, 5.74) is 10.1. The van der Waals surface area contributed by atoms with Crippen molar-refractivity contribution in [1.29, 1.82) is 0 Å². The SMILES string of the molecule is Cc1cc2c(OC(N)=O)cccc2n1-c1nc2c(c(NCc3cccc(O)c3)n1)CCC2. The molecule has 1 aliphatic carbocycles. The molecule has 0 atom stereocenters. The van der Waals surface area contributed by atoms with Crippen LogP contribution in [0.1, 0.15) is 28.9 Å². The number of nitrogens with zero attached hydrogens (tertiary/aromatic N) is 3. The second-order valence-electron chi connectivity index (χ2n) is 7.91. The fraction of sp³-hybridized carbons (Fsp3) is 0.208. The maximum absolute atomic E-state index is 11.3. The van der Waals surface area contributed by atoms with Gasteiger partial charge in [-0.2, -0.15) is 4.98 Å². The number of aromatic hydroxyl groups is 1. The van der Waals surface area contributed by atoms with Crippen molar-refractivity contribution in [3.63, 3.8) is 0 Å². The number of carbonyl (C=O) groups excluding carboxylic acids is 1. The molecule has 0 saturated carbocycles. The van der Waals surface area contributed by atoms with Gasteiger partial charge in [0.25, 0.3) is 0 Å². The lowest BCUT2D eigenvalue weighted by molar-refractivity contribution is 0.211. The summed E-state index contributed by atoms with van der Waals surface area (Å²) < 4.78 is 7.14. The zero-order valence-electron chi connectivity index (χ0n) is 17.6. The van der Waals surface area contributed by atoms with E-state index in [0.717, 1.165) is 58.5 Å². The fourth-order valence-corrected chi connectivity index (χ4v) is 4.32. The lowest BCUT2D eigenvalue weighted by atomic mass is 10.2. The van der Waals surface area contributed by atoms with Crippen molar-refractivity contribution in [3.8, 4) is 17.4 Å². The highest BCUT2D eigenvalue weighted by Gasteiger charge is 2.22. The lowest BCUT2D eigenvalue weighted by Crippen LogP contribution is -2.16. The summed E-state index contributed by atoms with van der Waals surface area (Å²) in [6.07, 6.45) is 2.02. The van der Waals surface area contributed by atoms with Crippen LogP contribution in [0.4, 0.5) is 10.6 Å². The topological polar surface area (TPSA) is 115 Å². The predicted octanol–water partition coefficient (Wildman–Crippen LogP) is 3.99. The van der Waals surface area contributed by atoms with Gasteiger partial charge in [-0.1, -0.05) is 18.2 Å². The molecule has 0 bridgehead atoms. The first-order chi connectivity index (χ1) is 15.5. The monoisotopic (exact) mass is 429 g/mol. The molecule has 5 rings (SSSR count). The maximum atomic E-state index is 11.3. The Balaban J connectivity index is 1.57. The normalized spacial score (nSPS) is 12.7. The van der Waals surface area contributed by atoms with Gasteiger partial charge in [0.2, 0.25) is 5.95 Å². The van der Waals surface area contributed by atoms with Crippen LogP contribution >= 0.6 is 0 Å². The Kier molecular flexibility index (Phi) is 4.89. The van der Waals surface area contributed by atoms with E-state index < -0.39 is 6.09 Å². The van der Waals surface area contributed by atoms with E-state index in [9.17, 15) is 9.90 Å². The van der Waals surface area contributed by atoms with E-state index in [0.29, 0.717) is 18.2 Å². The number of phenols is 1. The Bertz CT molecular complexity index is 1350. The first kappa shape index (κ1) is 19.9. The van der Waals surface area contributed by atoms with Crippen molar-refractivity contribution in [3.05, 3.63) is 71.0 Å². The van der Waals surface area contributed by atoms with Gasteiger partial charge in [-0.15, -0.1) is 0 Å². The van der Waals surface area contributed by atoms with Crippen LogP contribution in [0.15, 0.2) is 48.5 Å². The van der Waals surface area contributed by atoms with E-state index in [1.807, 2.05) is 41.8 Å². The number of hydrogen-bond acceptors (Lipinski definition) is 6. The molecule has 8 heteroatoms. The largest absolute Gasteiger partial charge is 0.508 e. The summed E-state index contributed by atoms with van der Waals surface area (Å²) in [7, 11) is 0. The number of primary amides is 1. The molecule has 8 nitrogen and oxygen atoms in total. The highest BCUT2D eigenvalue weighted by molar-refractivity contribution is 5.90. The molecule has 162 valence electrons. The quantitative estimate of drug-likeness (QED) is 0.442. The van der Waals surface area contributed by atoms with Gasteiger partial charge in [0.1, 0.15) is 17.3 Å². The van der Waals surface area contributed by atoms with E-state index in [2.05, 4.69) is 5.32 Å². The number of amides is 1. The standard InChI is InChI=1S/C24H23N5O3/c1-14-11-18-20(9-4-10-21(18)32-23(25)31)29(14)24-27-19-8-3-7-17(19)22(28-24)26-13-15-5-2-6-16(30)12-15/h2,4-6,9-12,30H,3,7-8,13H2,1H3,(H2,25,31)(H,26,27,28). The van der Waals surface area contributed by atoms with Crippen LogP contribution in [-0.4, -0.2) is 25.7 Å². The highest BCUT2D eigenvalue weighted by atomic mass is 16.5. The van der Waals surface area contributed by atoms with E-state index in [1.54, 1.807) is 18.2 Å². The molecule has 0 unspecified atom stereocenters. The Morgan fingerprint density at radius 1 is 1.19 bits per heavy atom. The van der Waals surface area contributed by atoms with Gasteiger partial charge in [0.05, 0.1) is 11.2 Å². The number of hydrogen-bond donors (Lipinski definition) is 3. The number of aryl methyl sites for hydroxylation is 2. The second-order valence-corrected chi connectivity index (χ2v) is 7.91. The molecule has 0 saturated heterocycles. The van der Waals surface area contributed by atoms with Gasteiger partial charge >= 0.3 is 6.09 Å². The second kappa shape index (κ2) is 7.88. The van der Waals surface area contributed by atoms with E-state index in [4.69, 9.17) is 20.4 Å². The summed E-state index contributed by atoms with van der Waals surface area (Å²) in [6, 6.07) is 14.6. The molecule has 4 N–H and O–H groups in total. The van der Waals surface area contributed by atoms with Crippen molar-refractivity contribution >= 4 is 22.8 Å². The van der Waals surface area contributed by atoms with Crippen molar-refractivity contribution in [2.24, 2.45) is 5.73 Å². The lowest BCUT2D eigenvalue weighted by Gasteiger charge is -2.14. The van der Waals surface area contributed by atoms with Crippen LogP contribution in [0.25, 0.3) is 16.9 Å². The zero-order chi connectivity index (χ0) is 22.2. The number of anilines is 1. The van der Waals surface area contributed by atoms with Crippen LogP contribution in [0, 0.1) is 6.92 Å². The van der Waals surface area contributed by atoms with Crippen molar-refractivity contribution in [1.82, 2.24) is 14.5 Å². The fourth-order valence-electron chi connectivity index (χ4n) is 4.32. The molecule has 32 heavy (non-hydrogen) atoms. The number of nitrogens with one attached hydrogen (secondary N) is 1. The van der Waals surface area contributed by atoms with Gasteiger partial charge in [-0.25, -0.2) is 9.78 Å². The number of nitrogens with two attached hydrogens (primary N) is 1. The highest BCUT2D eigenvalue weighted by Crippen LogP contribution is 2.33. The molecular weight excluding hydrogens is 406 g/mol. The van der Waals surface area contributed by atoms with Crippen molar-refractivity contribution < 1.29 is 14.6 Å². The summed E-state index contributed by atoms with van der Waals surface area (Å²) in [6.45, 7) is 2.50. The Morgan fingerprint density at radius 3 is 2.84 bits per heavy atom. The molecule has 1 aliphatic rings. The summed E-state index contributed by atoms with van der Waals surface area (Å²) >= 11 is 0. The Hall–Kier alpha value is -4.07. The molecule has 0 radical (unpaired) electrons. The minimum Gasteiger partial charge on any atom is -0.508 e. The molecular formula is C24H23N5O3. The predicted molar refractivity (Wildman–Crippen MR) is 121 cm³/mol. The first-order valence-electron chi connectivity index (χ1n) is 10.5. The Labute approximate surface area is 184 Å². The van der Waals surface area contributed by atoms with Crippen molar-refractivity contribution in [2.45, 2.75) is 32.7 Å². The van der Waals surface area contributed by atoms with Gasteiger partial charge in [-0.05, 0) is 62.1 Å². The third kappa shape index (κ3) is 3.60. The molecule has 2 heterocycles. The van der Waals surface area contributed by atoms with Crippen LogP contribution in [0.2, 0.25) is 0 Å². The number of carbonyl (C=O) groups is 1. The van der Waals surface area contributed by atoms with Crippen molar-refractivity contribution in [2.75, 3.05) is 5.32 Å². The van der Waals surface area contributed by atoms with Gasteiger partial charge in [0, 0.05) is 23.2 Å². The molecule has 2 aromatic carbocycles. The average Bonchev–Trinajstić information content (AvgIpc) is 3.36. The van der Waals surface area contributed by atoms with E-state index in [1.165, 1.54) is 0 Å². The minimum absolute atomic E-state index is 0.237. The van der Waals surface area contributed by atoms with Gasteiger partial charge in [0.15, 0.2) is 0 Å². The number of benzene rings is 2. The maximum Gasteiger partial charge on any atom is 0.409 e. The average molecular weight is 429 g/mol. The molecule has 4 aromatic rings. The van der Waals surface area contributed by atoms with E-state index >= 15 is 0 Å². The summed E-state index contributed by atoms with van der Waals surface area (Å²) in [5, 5.41) is 13.9. The summed E-state index contributed by atoms with van der Waals surface area (Å²) in [4.78, 5) is 21.0. The van der Waals surface area contributed by atoms with Crippen LogP contribution in [0.5, 0.6) is 11.5 Å². The number of phenolic OH excluding ortho intramolecular Hbond substituents is 1. The third-order valence-corrected chi connectivity index (χ3v) is 5.69.